The molecular weight excluding hydrogens is 252 g/mol. The number of piperidine rings is 1. The van der Waals surface area contributed by atoms with Crippen LogP contribution in [0.1, 0.15) is 30.3 Å². The molecule has 2 heterocycles. The summed E-state index contributed by atoms with van der Waals surface area (Å²) in [7, 11) is 0. The van der Waals surface area contributed by atoms with Gasteiger partial charge in [-0.05, 0) is 50.9 Å². The summed E-state index contributed by atoms with van der Waals surface area (Å²) < 4.78 is 5.59. The van der Waals surface area contributed by atoms with Crippen molar-refractivity contribution in [2.24, 2.45) is 5.92 Å². The maximum absolute atomic E-state index is 12.2. The quantitative estimate of drug-likeness (QED) is 0.903. The molecule has 106 valence electrons. The van der Waals surface area contributed by atoms with Crippen LogP contribution >= 0.6 is 0 Å². The molecule has 1 fully saturated rings. The van der Waals surface area contributed by atoms with E-state index in [-0.39, 0.29) is 11.9 Å². The predicted octanol–water partition coefficient (Wildman–Crippen LogP) is 2.55. The van der Waals surface area contributed by atoms with Crippen LogP contribution in [0.15, 0.2) is 34.7 Å². The maximum Gasteiger partial charge on any atom is 0.287 e. The fraction of sp³-hybridized carbons (Fsp3) is 0.438. The van der Waals surface area contributed by atoms with E-state index in [0.717, 1.165) is 30.5 Å². The standard InChI is InChI=1S/C16H20N2O2/c1-11(13-6-4-8-17-10-13)18-16(19)15-9-12-5-2-3-7-14(12)20-15/h2-3,5,7,9,11,13,17H,4,6,8,10H2,1H3,(H,18,19). The summed E-state index contributed by atoms with van der Waals surface area (Å²) >= 11 is 0. The normalized spacial score (nSPS) is 20.8. The second-order valence-electron chi connectivity index (χ2n) is 5.52. The predicted molar refractivity (Wildman–Crippen MR) is 78.7 cm³/mol. The molecule has 2 atom stereocenters. The Hall–Kier alpha value is -1.81. The first kappa shape index (κ1) is 13.2. The van der Waals surface area contributed by atoms with E-state index >= 15 is 0 Å². The topological polar surface area (TPSA) is 54.3 Å². The zero-order valence-electron chi connectivity index (χ0n) is 11.7. The third-order valence-corrected chi connectivity index (χ3v) is 4.05. The molecule has 0 spiro atoms. The first-order chi connectivity index (χ1) is 9.74. The highest BCUT2D eigenvalue weighted by molar-refractivity contribution is 5.96. The average Bonchev–Trinajstić information content (AvgIpc) is 2.92. The highest BCUT2D eigenvalue weighted by Crippen LogP contribution is 2.20. The SMILES string of the molecule is CC(NC(=O)c1cc2ccccc2o1)C1CCCNC1. The van der Waals surface area contributed by atoms with Gasteiger partial charge in [0.2, 0.25) is 0 Å². The zero-order valence-corrected chi connectivity index (χ0v) is 11.7. The lowest BCUT2D eigenvalue weighted by Crippen LogP contribution is -2.44. The fourth-order valence-electron chi connectivity index (χ4n) is 2.80. The van der Waals surface area contributed by atoms with Gasteiger partial charge in [0.05, 0.1) is 0 Å². The minimum atomic E-state index is -0.126. The number of hydrogen-bond acceptors (Lipinski definition) is 3. The van der Waals surface area contributed by atoms with Gasteiger partial charge >= 0.3 is 0 Å². The molecule has 0 radical (unpaired) electrons. The lowest BCUT2D eigenvalue weighted by atomic mass is 9.93. The van der Waals surface area contributed by atoms with Gasteiger partial charge in [0.25, 0.3) is 5.91 Å². The molecule has 0 bridgehead atoms. The molecule has 0 aliphatic carbocycles. The average molecular weight is 272 g/mol. The van der Waals surface area contributed by atoms with Crippen molar-refractivity contribution in [1.29, 1.82) is 0 Å². The third-order valence-electron chi connectivity index (χ3n) is 4.05. The number of hydrogen-bond donors (Lipinski definition) is 2. The van der Waals surface area contributed by atoms with Crippen LogP contribution in [0.25, 0.3) is 11.0 Å². The molecule has 3 rings (SSSR count). The second-order valence-corrected chi connectivity index (χ2v) is 5.52. The van der Waals surface area contributed by atoms with Crippen molar-refractivity contribution in [2.45, 2.75) is 25.8 Å². The maximum atomic E-state index is 12.2. The monoisotopic (exact) mass is 272 g/mol. The molecule has 2 unspecified atom stereocenters. The van der Waals surface area contributed by atoms with Gasteiger partial charge in [-0.15, -0.1) is 0 Å². The lowest BCUT2D eigenvalue weighted by molar-refractivity contribution is 0.0896. The summed E-state index contributed by atoms with van der Waals surface area (Å²) in [4.78, 5) is 12.2. The van der Waals surface area contributed by atoms with Crippen LogP contribution in [0.4, 0.5) is 0 Å². The van der Waals surface area contributed by atoms with E-state index in [9.17, 15) is 4.79 Å². The Morgan fingerprint density at radius 1 is 1.45 bits per heavy atom. The van der Waals surface area contributed by atoms with E-state index in [2.05, 4.69) is 17.6 Å². The second kappa shape index (κ2) is 5.67. The van der Waals surface area contributed by atoms with Gasteiger partial charge in [-0.25, -0.2) is 0 Å². The minimum Gasteiger partial charge on any atom is -0.451 e. The van der Waals surface area contributed by atoms with Crippen molar-refractivity contribution in [2.75, 3.05) is 13.1 Å². The van der Waals surface area contributed by atoms with Gasteiger partial charge in [0.15, 0.2) is 5.76 Å². The number of nitrogens with one attached hydrogen (secondary N) is 2. The molecule has 4 heteroatoms. The third kappa shape index (κ3) is 2.70. The van der Waals surface area contributed by atoms with Gasteiger partial charge < -0.3 is 15.1 Å². The lowest BCUT2D eigenvalue weighted by Gasteiger charge is -2.28. The van der Waals surface area contributed by atoms with E-state index in [1.165, 1.54) is 6.42 Å². The van der Waals surface area contributed by atoms with E-state index in [1.807, 2.05) is 24.3 Å². The van der Waals surface area contributed by atoms with Gasteiger partial charge in [-0.3, -0.25) is 4.79 Å². The van der Waals surface area contributed by atoms with Crippen molar-refractivity contribution in [3.05, 3.63) is 36.1 Å². The van der Waals surface area contributed by atoms with Crippen molar-refractivity contribution in [3.63, 3.8) is 0 Å². The molecular formula is C16H20N2O2. The number of amides is 1. The molecule has 2 aromatic rings. The molecule has 1 aliphatic rings. The van der Waals surface area contributed by atoms with Crippen LogP contribution < -0.4 is 10.6 Å². The van der Waals surface area contributed by atoms with Crippen molar-refractivity contribution >= 4 is 16.9 Å². The Morgan fingerprint density at radius 2 is 2.30 bits per heavy atom. The fourth-order valence-corrected chi connectivity index (χ4v) is 2.80. The summed E-state index contributed by atoms with van der Waals surface area (Å²) in [5.74, 6) is 0.762. The molecule has 20 heavy (non-hydrogen) atoms. The molecule has 0 saturated carbocycles. The highest BCUT2D eigenvalue weighted by atomic mass is 16.3. The first-order valence-corrected chi connectivity index (χ1v) is 7.24. The molecule has 4 nitrogen and oxygen atoms in total. The number of furan rings is 1. The van der Waals surface area contributed by atoms with Crippen LogP contribution in [0.3, 0.4) is 0 Å². The largest absolute Gasteiger partial charge is 0.451 e. The molecule has 1 amide bonds. The van der Waals surface area contributed by atoms with Gasteiger partial charge in [0.1, 0.15) is 5.58 Å². The number of carbonyl (C=O) groups excluding carboxylic acids is 1. The van der Waals surface area contributed by atoms with Gasteiger partial charge in [0, 0.05) is 11.4 Å². The Bertz CT molecular complexity index is 566. The molecule has 2 N–H and O–H groups in total. The van der Waals surface area contributed by atoms with Crippen LogP contribution in [0, 0.1) is 5.92 Å². The Morgan fingerprint density at radius 3 is 3.05 bits per heavy atom. The van der Waals surface area contributed by atoms with E-state index in [0.29, 0.717) is 11.7 Å². The van der Waals surface area contributed by atoms with Crippen molar-refractivity contribution in [1.82, 2.24) is 10.6 Å². The highest BCUT2D eigenvalue weighted by Gasteiger charge is 2.22. The van der Waals surface area contributed by atoms with E-state index in [4.69, 9.17) is 4.42 Å². The molecule has 1 aromatic heterocycles. The number of fused-ring (bicyclic) bond motifs is 1. The zero-order chi connectivity index (χ0) is 13.9. The first-order valence-electron chi connectivity index (χ1n) is 7.24. The van der Waals surface area contributed by atoms with Crippen molar-refractivity contribution in [3.8, 4) is 0 Å². The van der Waals surface area contributed by atoms with Crippen LogP contribution in [0.2, 0.25) is 0 Å². The molecule has 1 aliphatic heterocycles. The van der Waals surface area contributed by atoms with Crippen LogP contribution in [-0.4, -0.2) is 25.0 Å². The summed E-state index contributed by atoms with van der Waals surface area (Å²) in [5.41, 5.74) is 0.754. The summed E-state index contributed by atoms with van der Waals surface area (Å²) in [6.07, 6.45) is 2.34. The Labute approximate surface area is 118 Å². The van der Waals surface area contributed by atoms with Crippen molar-refractivity contribution < 1.29 is 9.21 Å². The number of para-hydroxylation sites is 1. The van der Waals surface area contributed by atoms with Gasteiger partial charge in [-0.1, -0.05) is 18.2 Å². The van der Waals surface area contributed by atoms with Crippen LogP contribution in [0.5, 0.6) is 0 Å². The smallest absolute Gasteiger partial charge is 0.287 e. The minimum absolute atomic E-state index is 0.126. The van der Waals surface area contributed by atoms with E-state index < -0.39 is 0 Å². The molecule has 1 aromatic carbocycles. The summed E-state index contributed by atoms with van der Waals surface area (Å²) in [6.45, 7) is 4.13. The number of rotatable bonds is 3. The summed E-state index contributed by atoms with van der Waals surface area (Å²) in [5, 5.41) is 7.39. The molecule has 1 saturated heterocycles. The number of carbonyl (C=O) groups is 1. The number of benzene rings is 1. The summed E-state index contributed by atoms with van der Waals surface area (Å²) in [6, 6.07) is 9.63. The Kier molecular flexibility index (Phi) is 3.74. The Balaban J connectivity index is 1.68. The van der Waals surface area contributed by atoms with Crippen LogP contribution in [-0.2, 0) is 0 Å². The van der Waals surface area contributed by atoms with E-state index in [1.54, 1.807) is 6.07 Å². The van der Waals surface area contributed by atoms with Gasteiger partial charge in [-0.2, -0.15) is 0 Å².